The molecule has 5 heteroatoms. The van der Waals surface area contributed by atoms with Crippen molar-refractivity contribution in [1.82, 2.24) is 25.5 Å². The molecule has 1 heterocycles. The highest BCUT2D eigenvalue weighted by molar-refractivity contribution is 4.88. The molecule has 0 aliphatic rings. The van der Waals surface area contributed by atoms with Crippen LogP contribution < -0.4 is 5.32 Å². The SMILES string of the molecule is CCCC(C)(C)n1nnnc1CNC(C)C. The van der Waals surface area contributed by atoms with E-state index in [1.165, 1.54) is 0 Å². The molecule has 1 rings (SSSR count). The maximum atomic E-state index is 4.10. The molecule has 0 saturated carbocycles. The molecule has 0 amide bonds. The Balaban J connectivity index is 2.77. The highest BCUT2D eigenvalue weighted by atomic mass is 15.6. The molecule has 0 aliphatic carbocycles. The van der Waals surface area contributed by atoms with Crippen LogP contribution in [-0.4, -0.2) is 26.2 Å². The van der Waals surface area contributed by atoms with Crippen molar-refractivity contribution in [2.45, 2.75) is 65.6 Å². The Morgan fingerprint density at radius 1 is 1.38 bits per heavy atom. The molecule has 0 atom stereocenters. The van der Waals surface area contributed by atoms with Gasteiger partial charge in [-0.1, -0.05) is 27.2 Å². The zero-order valence-electron chi connectivity index (χ0n) is 11.0. The van der Waals surface area contributed by atoms with Crippen LogP contribution in [0.5, 0.6) is 0 Å². The van der Waals surface area contributed by atoms with Crippen LogP contribution in [0.25, 0.3) is 0 Å². The van der Waals surface area contributed by atoms with E-state index in [2.05, 4.69) is 55.5 Å². The Labute approximate surface area is 97.6 Å². The van der Waals surface area contributed by atoms with Crippen molar-refractivity contribution < 1.29 is 0 Å². The molecule has 1 aromatic rings. The van der Waals surface area contributed by atoms with E-state index in [0.717, 1.165) is 25.2 Å². The van der Waals surface area contributed by atoms with E-state index in [9.17, 15) is 0 Å². The maximum Gasteiger partial charge on any atom is 0.165 e. The first kappa shape index (κ1) is 13.1. The van der Waals surface area contributed by atoms with Crippen molar-refractivity contribution in [3.05, 3.63) is 5.82 Å². The van der Waals surface area contributed by atoms with Crippen LogP contribution in [0.1, 0.15) is 53.3 Å². The van der Waals surface area contributed by atoms with Gasteiger partial charge in [0.25, 0.3) is 0 Å². The van der Waals surface area contributed by atoms with Crippen LogP contribution in [0.4, 0.5) is 0 Å². The number of aromatic nitrogens is 4. The summed E-state index contributed by atoms with van der Waals surface area (Å²) in [5.74, 6) is 0.909. The normalized spacial score (nSPS) is 12.4. The van der Waals surface area contributed by atoms with Crippen molar-refractivity contribution in [2.75, 3.05) is 0 Å². The van der Waals surface area contributed by atoms with Crippen molar-refractivity contribution >= 4 is 0 Å². The summed E-state index contributed by atoms with van der Waals surface area (Å²) in [6.07, 6.45) is 2.20. The molecule has 0 aromatic carbocycles. The lowest BCUT2D eigenvalue weighted by Crippen LogP contribution is -2.32. The number of hydrogen-bond acceptors (Lipinski definition) is 4. The molecule has 0 bridgehead atoms. The van der Waals surface area contributed by atoms with Gasteiger partial charge in [-0.25, -0.2) is 4.68 Å². The van der Waals surface area contributed by atoms with Gasteiger partial charge >= 0.3 is 0 Å². The molecular weight excluding hydrogens is 202 g/mol. The van der Waals surface area contributed by atoms with E-state index in [1.54, 1.807) is 0 Å². The molecular formula is C11H23N5. The van der Waals surface area contributed by atoms with Crippen LogP contribution in [0, 0.1) is 0 Å². The third kappa shape index (κ3) is 3.27. The van der Waals surface area contributed by atoms with Crippen molar-refractivity contribution in [3.63, 3.8) is 0 Å². The smallest absolute Gasteiger partial charge is 0.165 e. The average Bonchev–Trinajstić information content (AvgIpc) is 2.62. The van der Waals surface area contributed by atoms with Crippen LogP contribution in [0.15, 0.2) is 0 Å². The minimum absolute atomic E-state index is 0.00770. The fourth-order valence-corrected chi connectivity index (χ4v) is 1.80. The Hall–Kier alpha value is -0.970. The first-order valence-electron chi connectivity index (χ1n) is 5.98. The van der Waals surface area contributed by atoms with Crippen LogP contribution >= 0.6 is 0 Å². The van der Waals surface area contributed by atoms with E-state index in [1.807, 2.05) is 4.68 Å². The van der Waals surface area contributed by atoms with Crippen molar-refractivity contribution in [2.24, 2.45) is 0 Å². The summed E-state index contributed by atoms with van der Waals surface area (Å²) in [7, 11) is 0. The van der Waals surface area contributed by atoms with E-state index in [-0.39, 0.29) is 5.54 Å². The molecule has 0 aliphatic heterocycles. The second-order valence-corrected chi connectivity index (χ2v) is 5.10. The van der Waals surface area contributed by atoms with Crippen molar-refractivity contribution in [3.8, 4) is 0 Å². The Morgan fingerprint density at radius 3 is 2.62 bits per heavy atom. The van der Waals surface area contributed by atoms with Crippen LogP contribution in [0.2, 0.25) is 0 Å². The van der Waals surface area contributed by atoms with Gasteiger partial charge in [-0.3, -0.25) is 0 Å². The number of rotatable bonds is 6. The molecule has 0 radical (unpaired) electrons. The average molecular weight is 225 g/mol. The largest absolute Gasteiger partial charge is 0.308 e. The molecule has 16 heavy (non-hydrogen) atoms. The highest BCUT2D eigenvalue weighted by Gasteiger charge is 2.23. The van der Waals surface area contributed by atoms with E-state index in [4.69, 9.17) is 0 Å². The van der Waals surface area contributed by atoms with E-state index >= 15 is 0 Å². The summed E-state index contributed by atoms with van der Waals surface area (Å²) in [4.78, 5) is 0. The van der Waals surface area contributed by atoms with Crippen LogP contribution in [0.3, 0.4) is 0 Å². The second kappa shape index (κ2) is 5.39. The maximum absolute atomic E-state index is 4.10. The molecule has 92 valence electrons. The lowest BCUT2D eigenvalue weighted by atomic mass is 9.99. The van der Waals surface area contributed by atoms with Gasteiger partial charge in [0.15, 0.2) is 5.82 Å². The third-order valence-electron chi connectivity index (χ3n) is 2.64. The molecule has 0 spiro atoms. The topological polar surface area (TPSA) is 55.6 Å². The minimum Gasteiger partial charge on any atom is -0.308 e. The second-order valence-electron chi connectivity index (χ2n) is 5.10. The monoisotopic (exact) mass is 225 g/mol. The summed E-state index contributed by atoms with van der Waals surface area (Å²) in [6.45, 7) is 11.5. The van der Waals surface area contributed by atoms with Gasteiger partial charge < -0.3 is 5.32 Å². The minimum atomic E-state index is -0.00770. The predicted octanol–water partition coefficient (Wildman–Crippen LogP) is 1.71. The quantitative estimate of drug-likeness (QED) is 0.800. The standard InChI is InChI=1S/C11H23N5/c1-6-7-11(4,5)16-10(13-14-15-16)8-12-9(2)3/h9,12H,6-8H2,1-5H3. The Bertz CT molecular complexity index is 316. The Morgan fingerprint density at radius 2 is 2.06 bits per heavy atom. The van der Waals surface area contributed by atoms with Gasteiger partial charge in [0, 0.05) is 6.04 Å². The van der Waals surface area contributed by atoms with Gasteiger partial charge in [0.1, 0.15) is 0 Å². The van der Waals surface area contributed by atoms with Gasteiger partial charge in [0.05, 0.1) is 12.1 Å². The van der Waals surface area contributed by atoms with Crippen molar-refractivity contribution in [1.29, 1.82) is 0 Å². The predicted molar refractivity (Wildman–Crippen MR) is 64.0 cm³/mol. The van der Waals surface area contributed by atoms with Gasteiger partial charge in [-0.2, -0.15) is 0 Å². The summed E-state index contributed by atoms with van der Waals surface area (Å²) in [5.41, 5.74) is -0.00770. The molecule has 1 N–H and O–H groups in total. The number of hydrogen-bond donors (Lipinski definition) is 1. The highest BCUT2D eigenvalue weighted by Crippen LogP contribution is 2.21. The van der Waals surface area contributed by atoms with Crippen LogP contribution in [-0.2, 0) is 12.1 Å². The fraction of sp³-hybridized carbons (Fsp3) is 0.909. The number of nitrogens with one attached hydrogen (secondary N) is 1. The zero-order valence-corrected chi connectivity index (χ0v) is 11.0. The molecule has 5 nitrogen and oxygen atoms in total. The molecule has 0 saturated heterocycles. The molecule has 1 aromatic heterocycles. The first-order valence-corrected chi connectivity index (χ1v) is 5.98. The van der Waals surface area contributed by atoms with Gasteiger partial charge in [-0.05, 0) is 30.7 Å². The number of tetrazole rings is 1. The summed E-state index contributed by atoms with van der Waals surface area (Å²) in [6, 6.07) is 0.444. The number of nitrogens with zero attached hydrogens (tertiary/aromatic N) is 4. The lowest BCUT2D eigenvalue weighted by Gasteiger charge is -2.25. The Kier molecular flexibility index (Phi) is 4.41. The first-order chi connectivity index (χ1) is 7.47. The summed E-state index contributed by atoms with van der Waals surface area (Å²) < 4.78 is 1.94. The third-order valence-corrected chi connectivity index (χ3v) is 2.64. The summed E-state index contributed by atoms with van der Waals surface area (Å²) >= 11 is 0. The zero-order chi connectivity index (χ0) is 12.2. The van der Waals surface area contributed by atoms with E-state index in [0.29, 0.717) is 6.04 Å². The fourth-order valence-electron chi connectivity index (χ4n) is 1.80. The van der Waals surface area contributed by atoms with Gasteiger partial charge in [-0.15, -0.1) is 5.10 Å². The molecule has 0 fully saturated rings. The lowest BCUT2D eigenvalue weighted by molar-refractivity contribution is 0.274. The molecule has 0 unspecified atom stereocenters. The van der Waals surface area contributed by atoms with Gasteiger partial charge in [0.2, 0.25) is 0 Å². The summed E-state index contributed by atoms with van der Waals surface area (Å²) in [5, 5.41) is 15.3. The van der Waals surface area contributed by atoms with E-state index < -0.39 is 0 Å².